The second-order valence-electron chi connectivity index (χ2n) is 7.85. The number of para-hydroxylation sites is 1. The van der Waals surface area contributed by atoms with Crippen LogP contribution >= 0.6 is 0 Å². The van der Waals surface area contributed by atoms with Gasteiger partial charge in [-0.2, -0.15) is 0 Å². The average molecular weight is 407 g/mol. The number of ether oxygens (including phenoxy) is 1. The van der Waals surface area contributed by atoms with Gasteiger partial charge < -0.3 is 14.5 Å². The van der Waals surface area contributed by atoms with Crippen molar-refractivity contribution < 1.29 is 14.3 Å². The predicted molar refractivity (Wildman–Crippen MR) is 119 cm³/mol. The van der Waals surface area contributed by atoms with Crippen LogP contribution in [-0.4, -0.2) is 53.9 Å². The van der Waals surface area contributed by atoms with Crippen molar-refractivity contribution in [3.63, 3.8) is 0 Å². The number of hydrogen-bond donors (Lipinski definition) is 0. The van der Waals surface area contributed by atoms with Crippen LogP contribution in [0.1, 0.15) is 37.8 Å². The first-order valence-electron chi connectivity index (χ1n) is 10.5. The molecule has 0 aromatic heterocycles. The number of nitrogens with zero attached hydrogens (tertiary/aromatic N) is 2. The number of benzene rings is 2. The Balaban J connectivity index is 1.52. The van der Waals surface area contributed by atoms with Crippen molar-refractivity contribution in [2.24, 2.45) is 0 Å². The van der Waals surface area contributed by atoms with Crippen LogP contribution in [0.2, 0.25) is 0 Å². The van der Waals surface area contributed by atoms with Crippen LogP contribution in [0, 0.1) is 0 Å². The van der Waals surface area contributed by atoms with Gasteiger partial charge in [0.25, 0.3) is 5.91 Å². The predicted octanol–water partition coefficient (Wildman–Crippen LogP) is 3.96. The Bertz CT molecular complexity index is 884. The summed E-state index contributed by atoms with van der Waals surface area (Å²) in [6.07, 6.45) is 2.86. The molecule has 2 aromatic rings. The summed E-state index contributed by atoms with van der Waals surface area (Å²) in [5, 5.41) is 0. The third-order valence-corrected chi connectivity index (χ3v) is 5.31. The normalized spacial score (nSPS) is 15.5. The monoisotopic (exact) mass is 406 g/mol. The third kappa shape index (κ3) is 5.50. The SMILES string of the molecule is CC(Oc1ccccc1C(C)C)C(=O)N1CCN(C(=O)/C=C/c2ccccc2)CC1. The zero-order valence-electron chi connectivity index (χ0n) is 18.0. The summed E-state index contributed by atoms with van der Waals surface area (Å²) >= 11 is 0. The van der Waals surface area contributed by atoms with Crippen LogP contribution in [-0.2, 0) is 9.59 Å². The Morgan fingerprint density at radius 1 is 0.867 bits per heavy atom. The standard InChI is InChI=1S/C25H30N2O3/c1-19(2)22-11-7-8-12-23(22)30-20(3)25(29)27-17-15-26(16-18-27)24(28)14-13-21-9-5-4-6-10-21/h4-14,19-20H,15-18H2,1-3H3/b14-13+. The van der Waals surface area contributed by atoms with E-state index < -0.39 is 6.10 Å². The van der Waals surface area contributed by atoms with Crippen LogP contribution in [0.5, 0.6) is 5.75 Å². The molecule has 158 valence electrons. The minimum atomic E-state index is -0.565. The van der Waals surface area contributed by atoms with Crippen molar-refractivity contribution >= 4 is 17.9 Å². The van der Waals surface area contributed by atoms with Gasteiger partial charge in [-0.05, 0) is 36.1 Å². The van der Waals surface area contributed by atoms with Crippen molar-refractivity contribution in [1.82, 2.24) is 9.80 Å². The van der Waals surface area contributed by atoms with Crippen LogP contribution in [0.25, 0.3) is 6.08 Å². The molecule has 1 aliphatic heterocycles. The van der Waals surface area contributed by atoms with Crippen molar-refractivity contribution in [3.05, 3.63) is 71.8 Å². The number of rotatable bonds is 6. The van der Waals surface area contributed by atoms with Crippen LogP contribution in [0.3, 0.4) is 0 Å². The van der Waals surface area contributed by atoms with E-state index in [-0.39, 0.29) is 11.8 Å². The van der Waals surface area contributed by atoms with Crippen molar-refractivity contribution in [2.75, 3.05) is 26.2 Å². The van der Waals surface area contributed by atoms with Crippen molar-refractivity contribution in [2.45, 2.75) is 32.8 Å². The Morgan fingerprint density at radius 3 is 2.13 bits per heavy atom. The Labute approximate surface area is 178 Å². The Hall–Kier alpha value is -3.08. The number of carbonyl (C=O) groups excluding carboxylic acids is 2. The van der Waals surface area contributed by atoms with Crippen LogP contribution in [0.15, 0.2) is 60.7 Å². The van der Waals surface area contributed by atoms with E-state index in [9.17, 15) is 9.59 Å². The van der Waals surface area contributed by atoms with Gasteiger partial charge in [0.1, 0.15) is 5.75 Å². The Kier molecular flexibility index (Phi) is 7.28. The van der Waals surface area contributed by atoms with Gasteiger partial charge in [0, 0.05) is 32.3 Å². The van der Waals surface area contributed by atoms with Gasteiger partial charge in [-0.15, -0.1) is 0 Å². The minimum Gasteiger partial charge on any atom is -0.481 e. The van der Waals surface area contributed by atoms with E-state index in [4.69, 9.17) is 4.74 Å². The first kappa shape index (κ1) is 21.6. The van der Waals surface area contributed by atoms with E-state index in [1.54, 1.807) is 22.8 Å². The van der Waals surface area contributed by atoms with Gasteiger partial charge in [-0.1, -0.05) is 62.4 Å². The van der Waals surface area contributed by atoms with Gasteiger partial charge in [0.05, 0.1) is 0 Å². The van der Waals surface area contributed by atoms with Gasteiger partial charge in [0.15, 0.2) is 6.10 Å². The maximum absolute atomic E-state index is 12.9. The van der Waals surface area contributed by atoms with E-state index in [0.717, 1.165) is 16.9 Å². The number of amides is 2. The lowest BCUT2D eigenvalue weighted by molar-refractivity contribution is -0.142. The molecule has 0 saturated carbocycles. The first-order valence-corrected chi connectivity index (χ1v) is 10.5. The van der Waals surface area contributed by atoms with E-state index in [1.165, 1.54) is 0 Å². The lowest BCUT2D eigenvalue weighted by Gasteiger charge is -2.35. The highest BCUT2D eigenvalue weighted by Gasteiger charge is 2.27. The lowest BCUT2D eigenvalue weighted by Crippen LogP contribution is -2.53. The molecular formula is C25H30N2O3. The minimum absolute atomic E-state index is 0.0267. The Morgan fingerprint density at radius 2 is 1.47 bits per heavy atom. The number of hydrogen-bond acceptors (Lipinski definition) is 3. The average Bonchev–Trinajstić information content (AvgIpc) is 2.78. The highest BCUT2D eigenvalue weighted by molar-refractivity contribution is 5.92. The molecule has 0 radical (unpaired) electrons. The summed E-state index contributed by atoms with van der Waals surface area (Å²) in [6, 6.07) is 17.6. The summed E-state index contributed by atoms with van der Waals surface area (Å²) in [4.78, 5) is 28.9. The van der Waals surface area contributed by atoms with Crippen molar-refractivity contribution in [3.8, 4) is 5.75 Å². The molecule has 1 aliphatic rings. The van der Waals surface area contributed by atoms with Gasteiger partial charge in [-0.3, -0.25) is 9.59 Å². The molecule has 3 rings (SSSR count). The van der Waals surface area contributed by atoms with E-state index in [0.29, 0.717) is 32.1 Å². The molecule has 2 aromatic carbocycles. The van der Waals surface area contributed by atoms with Crippen LogP contribution < -0.4 is 4.74 Å². The summed E-state index contributed by atoms with van der Waals surface area (Å²) in [7, 11) is 0. The molecule has 0 N–H and O–H groups in total. The molecule has 0 spiro atoms. The molecule has 1 heterocycles. The van der Waals surface area contributed by atoms with E-state index in [2.05, 4.69) is 13.8 Å². The van der Waals surface area contributed by atoms with Gasteiger partial charge in [0.2, 0.25) is 5.91 Å². The molecule has 2 amide bonds. The molecular weight excluding hydrogens is 376 g/mol. The fourth-order valence-electron chi connectivity index (χ4n) is 3.55. The molecule has 0 bridgehead atoms. The molecule has 1 fully saturated rings. The number of piperazine rings is 1. The molecule has 0 aliphatic carbocycles. The maximum atomic E-state index is 12.9. The third-order valence-electron chi connectivity index (χ3n) is 5.31. The molecule has 30 heavy (non-hydrogen) atoms. The fraction of sp³-hybridized carbons (Fsp3) is 0.360. The van der Waals surface area contributed by atoms with Crippen molar-refractivity contribution in [1.29, 1.82) is 0 Å². The maximum Gasteiger partial charge on any atom is 0.263 e. The quantitative estimate of drug-likeness (QED) is 0.683. The lowest BCUT2D eigenvalue weighted by atomic mass is 10.0. The summed E-state index contributed by atoms with van der Waals surface area (Å²) in [5.74, 6) is 1.01. The topological polar surface area (TPSA) is 49.9 Å². The second-order valence-corrected chi connectivity index (χ2v) is 7.85. The van der Waals surface area contributed by atoms with E-state index in [1.807, 2.05) is 60.7 Å². The first-order chi connectivity index (χ1) is 14.5. The van der Waals surface area contributed by atoms with Gasteiger partial charge >= 0.3 is 0 Å². The fourth-order valence-corrected chi connectivity index (χ4v) is 3.55. The molecule has 5 nitrogen and oxygen atoms in total. The zero-order valence-corrected chi connectivity index (χ0v) is 18.0. The van der Waals surface area contributed by atoms with Crippen LogP contribution in [0.4, 0.5) is 0 Å². The molecule has 1 unspecified atom stereocenters. The highest BCUT2D eigenvalue weighted by Crippen LogP contribution is 2.27. The second kappa shape index (κ2) is 10.1. The zero-order chi connectivity index (χ0) is 21.5. The van der Waals surface area contributed by atoms with Gasteiger partial charge in [-0.25, -0.2) is 0 Å². The van der Waals surface area contributed by atoms with E-state index >= 15 is 0 Å². The molecule has 1 saturated heterocycles. The molecule has 5 heteroatoms. The molecule has 1 atom stereocenters. The number of carbonyl (C=O) groups is 2. The summed E-state index contributed by atoms with van der Waals surface area (Å²) in [5.41, 5.74) is 2.09. The smallest absolute Gasteiger partial charge is 0.263 e. The summed E-state index contributed by atoms with van der Waals surface area (Å²) in [6.45, 7) is 8.10. The summed E-state index contributed by atoms with van der Waals surface area (Å²) < 4.78 is 6.00. The highest BCUT2D eigenvalue weighted by atomic mass is 16.5. The largest absolute Gasteiger partial charge is 0.481 e.